The minimum atomic E-state index is -1.06. The summed E-state index contributed by atoms with van der Waals surface area (Å²) in [6.07, 6.45) is 0.552. The zero-order valence-electron chi connectivity index (χ0n) is 25.4. The quantitative estimate of drug-likeness (QED) is 0.174. The van der Waals surface area contributed by atoms with Crippen LogP contribution in [-0.2, 0) is 44.2 Å². The highest BCUT2D eigenvalue weighted by molar-refractivity contribution is 7.98. The van der Waals surface area contributed by atoms with Crippen molar-refractivity contribution in [1.82, 2.24) is 20.9 Å². The summed E-state index contributed by atoms with van der Waals surface area (Å²) in [5, 5.41) is 23.9. The van der Waals surface area contributed by atoms with Gasteiger partial charge in [-0.25, -0.2) is 4.98 Å². The van der Waals surface area contributed by atoms with Crippen LogP contribution >= 0.6 is 23.1 Å². The summed E-state index contributed by atoms with van der Waals surface area (Å²) < 4.78 is 0. The predicted octanol–water partition coefficient (Wildman–Crippen LogP) is 2.54. The minimum absolute atomic E-state index is 0.106. The molecule has 0 spiro atoms. The van der Waals surface area contributed by atoms with Crippen molar-refractivity contribution in [3.8, 4) is 5.75 Å². The molecule has 7 N–H and O–H groups in total. The Bertz CT molecular complexity index is 1670. The summed E-state index contributed by atoms with van der Waals surface area (Å²) in [7, 11) is 0. The summed E-state index contributed by atoms with van der Waals surface area (Å²) in [5.41, 5.74) is 8.79. The van der Waals surface area contributed by atoms with Gasteiger partial charge in [-0.3, -0.25) is 19.2 Å². The SMILES string of the molecule is NC(=O)[C@@H]1CSCc2csc(n2)N[C@@H](Cc2ccc(O)cc2)C(=O)N[C@@H](Cc2ccccc2)C(=O)N[C@@H](Cc2ccccc2)C(=O)N1. The molecular formula is C34H36N6O5S2. The number of nitrogens with zero attached hydrogens (tertiary/aromatic N) is 1. The van der Waals surface area contributed by atoms with Gasteiger partial charge in [-0.15, -0.1) is 11.3 Å². The largest absolute Gasteiger partial charge is 0.508 e. The number of nitrogens with two attached hydrogens (primary N) is 1. The Morgan fingerprint density at radius 1 is 0.723 bits per heavy atom. The minimum Gasteiger partial charge on any atom is -0.508 e. The van der Waals surface area contributed by atoms with Crippen molar-refractivity contribution in [3.63, 3.8) is 0 Å². The number of hydrogen-bond acceptors (Lipinski definition) is 9. The van der Waals surface area contributed by atoms with E-state index in [9.17, 15) is 24.3 Å². The zero-order chi connectivity index (χ0) is 33.2. The van der Waals surface area contributed by atoms with Crippen molar-refractivity contribution in [1.29, 1.82) is 0 Å². The number of amides is 4. The molecule has 0 fully saturated rings. The van der Waals surface area contributed by atoms with Crippen molar-refractivity contribution in [2.45, 2.75) is 49.2 Å². The molecule has 5 rings (SSSR count). The highest BCUT2D eigenvalue weighted by Crippen LogP contribution is 2.22. The van der Waals surface area contributed by atoms with Gasteiger partial charge in [0.1, 0.15) is 29.9 Å². The van der Waals surface area contributed by atoms with E-state index in [1.54, 1.807) is 24.3 Å². The van der Waals surface area contributed by atoms with Gasteiger partial charge in [0.05, 0.1) is 5.69 Å². The molecule has 1 aliphatic rings. The van der Waals surface area contributed by atoms with Gasteiger partial charge in [0.25, 0.3) is 0 Å². The standard InChI is InChI=1S/C34H36N6O5S2/c35-30(42)29-20-46-18-24-19-47-34(36-24)40-28(17-23-11-13-25(41)14-12-23)33(45)38-26(15-21-7-3-1-4-8-21)31(43)37-27(32(44)39-29)16-22-9-5-2-6-10-22/h1-14,19,26-29,41H,15-18,20H2,(H2,35,42)(H,36,40)(H,37,43)(H,38,45)(H,39,44)/t26-,27-,28-,29-/m0/s1. The molecule has 1 aromatic heterocycles. The molecule has 11 nitrogen and oxygen atoms in total. The number of primary amides is 1. The zero-order valence-corrected chi connectivity index (χ0v) is 27.1. The van der Waals surface area contributed by atoms with Gasteiger partial charge in [0.15, 0.2) is 5.13 Å². The van der Waals surface area contributed by atoms with Crippen molar-refractivity contribution in [2.75, 3.05) is 11.1 Å². The van der Waals surface area contributed by atoms with Crippen LogP contribution in [0.1, 0.15) is 22.4 Å². The van der Waals surface area contributed by atoms with Gasteiger partial charge in [0.2, 0.25) is 23.6 Å². The maximum Gasteiger partial charge on any atom is 0.243 e. The summed E-state index contributed by atoms with van der Waals surface area (Å²) in [5.74, 6) is -1.52. The molecule has 3 aromatic carbocycles. The van der Waals surface area contributed by atoms with Crippen molar-refractivity contribution < 1.29 is 24.3 Å². The number of aromatic hydroxyl groups is 1. The number of fused-ring (bicyclic) bond motifs is 2. The van der Waals surface area contributed by atoms with Gasteiger partial charge in [-0.05, 0) is 28.8 Å². The van der Waals surface area contributed by atoms with Gasteiger partial charge in [0, 0.05) is 36.1 Å². The Morgan fingerprint density at radius 2 is 1.21 bits per heavy atom. The topological polar surface area (TPSA) is 176 Å². The second-order valence-electron chi connectivity index (χ2n) is 11.2. The number of rotatable bonds is 7. The first-order chi connectivity index (χ1) is 22.7. The van der Waals surface area contributed by atoms with Gasteiger partial charge in [-0.1, -0.05) is 72.8 Å². The van der Waals surface area contributed by atoms with E-state index >= 15 is 0 Å². The number of aromatic nitrogens is 1. The third kappa shape index (κ3) is 9.80. The second kappa shape index (κ2) is 16.1. The second-order valence-corrected chi connectivity index (χ2v) is 13.1. The van der Waals surface area contributed by atoms with E-state index in [4.69, 9.17) is 5.73 Å². The number of phenols is 1. The first kappa shape index (κ1) is 33.5. The first-order valence-electron chi connectivity index (χ1n) is 15.1. The van der Waals surface area contributed by atoms with Gasteiger partial charge in [-0.2, -0.15) is 11.8 Å². The number of anilines is 1. The van der Waals surface area contributed by atoms with Gasteiger partial charge < -0.3 is 32.1 Å². The molecule has 4 amide bonds. The Hall–Kier alpha value is -4.88. The number of nitrogens with one attached hydrogen (secondary N) is 4. The number of benzene rings is 3. The van der Waals surface area contributed by atoms with E-state index in [-0.39, 0.29) is 30.8 Å². The van der Waals surface area contributed by atoms with Crippen LogP contribution < -0.4 is 27.0 Å². The van der Waals surface area contributed by atoms with Crippen LogP contribution in [0.2, 0.25) is 0 Å². The highest BCUT2D eigenvalue weighted by Gasteiger charge is 2.31. The van der Waals surface area contributed by atoms with Crippen LogP contribution in [-0.4, -0.2) is 63.6 Å². The summed E-state index contributed by atoms with van der Waals surface area (Å²) in [6, 6.07) is 21.1. The lowest BCUT2D eigenvalue weighted by atomic mass is 10.0. The molecule has 2 bridgehead atoms. The maximum absolute atomic E-state index is 14.0. The molecule has 0 unspecified atom stereocenters. The molecule has 0 radical (unpaired) electrons. The Balaban J connectivity index is 1.49. The average molecular weight is 673 g/mol. The summed E-state index contributed by atoms with van der Waals surface area (Å²) in [6.45, 7) is 0. The molecule has 244 valence electrons. The molecule has 2 heterocycles. The third-order valence-corrected chi connectivity index (χ3v) is 9.46. The number of carbonyl (C=O) groups excluding carboxylic acids is 4. The van der Waals surface area contributed by atoms with E-state index in [2.05, 4.69) is 26.3 Å². The summed E-state index contributed by atoms with van der Waals surface area (Å²) >= 11 is 2.71. The highest BCUT2D eigenvalue weighted by atomic mass is 32.2. The van der Waals surface area contributed by atoms with E-state index in [1.807, 2.05) is 66.0 Å². The molecule has 0 saturated carbocycles. The Morgan fingerprint density at radius 3 is 1.74 bits per heavy atom. The van der Waals surface area contributed by atoms with Crippen LogP contribution in [0.4, 0.5) is 5.13 Å². The van der Waals surface area contributed by atoms with Crippen molar-refractivity contribution >= 4 is 51.9 Å². The molecule has 4 atom stereocenters. The number of thiazole rings is 1. The molecule has 13 heteroatoms. The Kier molecular flexibility index (Phi) is 11.5. The molecule has 0 saturated heterocycles. The lowest BCUT2D eigenvalue weighted by Crippen LogP contribution is -2.58. The molecule has 4 aromatic rings. The smallest absolute Gasteiger partial charge is 0.243 e. The fourth-order valence-electron chi connectivity index (χ4n) is 5.08. The monoisotopic (exact) mass is 672 g/mol. The van der Waals surface area contributed by atoms with Crippen molar-refractivity contribution in [3.05, 3.63) is 113 Å². The van der Waals surface area contributed by atoms with E-state index in [1.165, 1.54) is 23.1 Å². The van der Waals surface area contributed by atoms with E-state index < -0.39 is 47.8 Å². The average Bonchev–Trinajstić information content (AvgIpc) is 3.51. The van der Waals surface area contributed by atoms with Crippen LogP contribution in [0.25, 0.3) is 0 Å². The third-order valence-electron chi connectivity index (χ3n) is 7.57. The fraction of sp³-hybridized carbons (Fsp3) is 0.265. The maximum atomic E-state index is 14.0. The molecule has 1 aliphatic heterocycles. The normalized spacial score (nSPS) is 21.0. The number of phenolic OH excluding ortho intramolecular Hbond substituents is 1. The van der Waals surface area contributed by atoms with E-state index in [0.717, 1.165) is 22.4 Å². The lowest BCUT2D eigenvalue weighted by Gasteiger charge is -2.26. The van der Waals surface area contributed by atoms with Crippen LogP contribution in [0, 0.1) is 0 Å². The Labute approximate surface area is 280 Å². The van der Waals surface area contributed by atoms with Crippen LogP contribution in [0.3, 0.4) is 0 Å². The number of carbonyl (C=O) groups is 4. The fourth-order valence-corrected chi connectivity index (χ4v) is 6.90. The van der Waals surface area contributed by atoms with Crippen LogP contribution in [0.5, 0.6) is 5.75 Å². The number of hydrogen-bond donors (Lipinski definition) is 6. The molecule has 47 heavy (non-hydrogen) atoms. The van der Waals surface area contributed by atoms with Gasteiger partial charge >= 0.3 is 0 Å². The van der Waals surface area contributed by atoms with Crippen molar-refractivity contribution in [2.24, 2.45) is 5.73 Å². The predicted molar refractivity (Wildman–Crippen MR) is 183 cm³/mol. The first-order valence-corrected chi connectivity index (χ1v) is 17.1. The summed E-state index contributed by atoms with van der Waals surface area (Å²) in [4.78, 5) is 58.7. The molecule has 0 aliphatic carbocycles. The lowest BCUT2D eigenvalue weighted by molar-refractivity contribution is -0.133. The van der Waals surface area contributed by atoms with E-state index in [0.29, 0.717) is 10.9 Å². The molecular weight excluding hydrogens is 637 g/mol. The van der Waals surface area contributed by atoms with Crippen LogP contribution in [0.15, 0.2) is 90.3 Å². The number of thioether (sulfide) groups is 1.